The van der Waals surface area contributed by atoms with Gasteiger partial charge in [-0.25, -0.2) is 9.97 Å². The maximum atomic E-state index is 13.7. The molecule has 1 N–H and O–H groups in total. The van der Waals surface area contributed by atoms with Gasteiger partial charge in [0.25, 0.3) is 0 Å². The molecule has 0 radical (unpaired) electrons. The van der Waals surface area contributed by atoms with E-state index in [1.54, 1.807) is 31.7 Å². The van der Waals surface area contributed by atoms with Gasteiger partial charge in [-0.3, -0.25) is 14.6 Å². The second kappa shape index (κ2) is 8.61. The van der Waals surface area contributed by atoms with Crippen molar-refractivity contribution in [1.29, 1.82) is 0 Å². The third kappa shape index (κ3) is 3.98. The minimum absolute atomic E-state index is 0.0788. The fourth-order valence-corrected chi connectivity index (χ4v) is 4.88. The highest BCUT2D eigenvalue weighted by molar-refractivity contribution is 5.90. The van der Waals surface area contributed by atoms with E-state index < -0.39 is 10.8 Å². The van der Waals surface area contributed by atoms with Crippen LogP contribution in [0.15, 0.2) is 42.9 Å². The first-order valence-corrected chi connectivity index (χ1v) is 10.9. The van der Waals surface area contributed by atoms with Crippen molar-refractivity contribution in [3.05, 3.63) is 48.5 Å². The predicted octanol–water partition coefficient (Wildman–Crippen LogP) is 1.78. The van der Waals surface area contributed by atoms with E-state index in [2.05, 4.69) is 32.1 Å². The maximum Gasteiger partial charge on any atom is 0.233 e. The molecule has 2 fully saturated rings. The number of amides is 2. The molecule has 2 amide bonds. The van der Waals surface area contributed by atoms with Gasteiger partial charge in [-0.2, -0.15) is 0 Å². The second-order valence-corrected chi connectivity index (χ2v) is 8.80. The van der Waals surface area contributed by atoms with Crippen molar-refractivity contribution >= 4 is 17.8 Å². The summed E-state index contributed by atoms with van der Waals surface area (Å²) in [7, 11) is 1.65. The van der Waals surface area contributed by atoms with Crippen LogP contribution in [0.2, 0.25) is 0 Å². The Hall–Kier alpha value is -3.03. The van der Waals surface area contributed by atoms with Gasteiger partial charge in [0.2, 0.25) is 17.8 Å². The fourth-order valence-electron chi connectivity index (χ4n) is 4.88. The molecule has 2 aliphatic rings. The van der Waals surface area contributed by atoms with Gasteiger partial charge in [-0.1, -0.05) is 13.0 Å². The summed E-state index contributed by atoms with van der Waals surface area (Å²) < 4.78 is 0. The van der Waals surface area contributed by atoms with Gasteiger partial charge in [-0.15, -0.1) is 0 Å². The number of nitrogens with zero attached hydrogens (tertiary/aromatic N) is 5. The third-order valence-corrected chi connectivity index (χ3v) is 6.81. The van der Waals surface area contributed by atoms with Crippen LogP contribution < -0.4 is 10.2 Å². The standard InChI is InChI=1S/C23H30N6O2/c1-22(9-15-28(16-10-22)21-26-12-6-13-27-21)20(31)29-14-5-8-23(17-29,19(30)24-2)18-7-3-4-11-25-18/h3-4,6-7,11-13H,5,8-10,14-17H2,1-2H3,(H,24,30). The van der Waals surface area contributed by atoms with E-state index in [4.69, 9.17) is 0 Å². The number of carbonyl (C=O) groups excluding carboxylic acids is 2. The van der Waals surface area contributed by atoms with E-state index in [0.29, 0.717) is 25.5 Å². The summed E-state index contributed by atoms with van der Waals surface area (Å²) in [6.07, 6.45) is 8.12. The minimum Gasteiger partial charge on any atom is -0.358 e. The van der Waals surface area contributed by atoms with Gasteiger partial charge in [-0.05, 0) is 43.9 Å². The van der Waals surface area contributed by atoms with Crippen LogP contribution >= 0.6 is 0 Å². The highest BCUT2D eigenvalue weighted by Crippen LogP contribution is 2.38. The Morgan fingerprint density at radius 1 is 0.968 bits per heavy atom. The first-order valence-electron chi connectivity index (χ1n) is 10.9. The molecule has 2 aliphatic heterocycles. The predicted molar refractivity (Wildman–Crippen MR) is 117 cm³/mol. The third-order valence-electron chi connectivity index (χ3n) is 6.81. The van der Waals surface area contributed by atoms with E-state index in [-0.39, 0.29) is 11.8 Å². The molecule has 0 spiro atoms. The number of pyridine rings is 1. The summed E-state index contributed by atoms with van der Waals surface area (Å²) >= 11 is 0. The van der Waals surface area contributed by atoms with Crippen molar-refractivity contribution in [3.63, 3.8) is 0 Å². The van der Waals surface area contributed by atoms with Crippen LogP contribution in [-0.2, 0) is 15.0 Å². The highest BCUT2D eigenvalue weighted by atomic mass is 16.2. The monoisotopic (exact) mass is 422 g/mol. The van der Waals surface area contributed by atoms with E-state index in [1.807, 2.05) is 23.1 Å². The van der Waals surface area contributed by atoms with Crippen molar-refractivity contribution in [3.8, 4) is 0 Å². The summed E-state index contributed by atoms with van der Waals surface area (Å²) in [4.78, 5) is 43.9. The zero-order valence-electron chi connectivity index (χ0n) is 18.3. The fraction of sp³-hybridized carbons (Fsp3) is 0.522. The molecule has 1 atom stereocenters. The summed E-state index contributed by atoms with van der Waals surface area (Å²) in [6, 6.07) is 7.44. The molecule has 164 valence electrons. The van der Waals surface area contributed by atoms with Gasteiger partial charge in [0, 0.05) is 57.2 Å². The van der Waals surface area contributed by atoms with Crippen molar-refractivity contribution < 1.29 is 9.59 Å². The summed E-state index contributed by atoms with van der Waals surface area (Å²) in [5.41, 5.74) is -0.534. The van der Waals surface area contributed by atoms with Crippen LogP contribution in [0, 0.1) is 5.41 Å². The second-order valence-electron chi connectivity index (χ2n) is 8.80. The minimum atomic E-state index is -0.807. The van der Waals surface area contributed by atoms with Crippen LogP contribution in [0.5, 0.6) is 0 Å². The SMILES string of the molecule is CNC(=O)C1(c2ccccn2)CCCN(C(=O)C2(C)CCN(c3ncccn3)CC2)C1. The topological polar surface area (TPSA) is 91.3 Å². The lowest BCUT2D eigenvalue weighted by molar-refractivity contribution is -0.146. The van der Waals surface area contributed by atoms with Crippen LogP contribution in [0.3, 0.4) is 0 Å². The molecule has 4 heterocycles. The zero-order valence-corrected chi connectivity index (χ0v) is 18.3. The van der Waals surface area contributed by atoms with Crippen LogP contribution in [0.25, 0.3) is 0 Å². The molecular weight excluding hydrogens is 392 g/mol. The lowest BCUT2D eigenvalue weighted by Gasteiger charge is -2.46. The first kappa shape index (κ1) is 21.2. The summed E-state index contributed by atoms with van der Waals surface area (Å²) in [6.45, 7) is 4.56. The highest BCUT2D eigenvalue weighted by Gasteiger charge is 2.48. The molecule has 8 heteroatoms. The van der Waals surface area contributed by atoms with E-state index in [1.165, 1.54) is 0 Å². The first-order chi connectivity index (χ1) is 15.0. The summed E-state index contributed by atoms with van der Waals surface area (Å²) in [5, 5.41) is 2.81. The molecule has 0 bridgehead atoms. The average Bonchev–Trinajstić information content (AvgIpc) is 2.84. The van der Waals surface area contributed by atoms with Gasteiger partial charge in [0.15, 0.2) is 0 Å². The van der Waals surface area contributed by atoms with Crippen molar-refractivity contribution in [2.24, 2.45) is 5.41 Å². The number of likely N-dealkylation sites (N-methyl/N-ethyl adjacent to an activating group) is 1. The normalized spacial score (nSPS) is 23.3. The van der Waals surface area contributed by atoms with E-state index >= 15 is 0 Å². The summed E-state index contributed by atoms with van der Waals surface area (Å²) in [5.74, 6) is 0.763. The number of anilines is 1. The number of rotatable bonds is 4. The number of aromatic nitrogens is 3. The number of nitrogens with one attached hydrogen (secondary N) is 1. The largest absolute Gasteiger partial charge is 0.358 e. The average molecular weight is 423 g/mol. The van der Waals surface area contributed by atoms with Crippen molar-refractivity contribution in [2.45, 2.75) is 38.0 Å². The van der Waals surface area contributed by atoms with Crippen molar-refractivity contribution in [2.75, 3.05) is 38.1 Å². The molecule has 4 rings (SSSR count). The molecule has 2 saturated heterocycles. The maximum absolute atomic E-state index is 13.7. The Balaban J connectivity index is 1.51. The van der Waals surface area contributed by atoms with E-state index in [9.17, 15) is 9.59 Å². The lowest BCUT2D eigenvalue weighted by Crippen LogP contribution is -2.59. The smallest absolute Gasteiger partial charge is 0.233 e. The molecule has 0 saturated carbocycles. The van der Waals surface area contributed by atoms with Gasteiger partial charge >= 0.3 is 0 Å². The van der Waals surface area contributed by atoms with Crippen molar-refractivity contribution in [1.82, 2.24) is 25.2 Å². The van der Waals surface area contributed by atoms with Crippen LogP contribution in [-0.4, -0.2) is 64.9 Å². The molecule has 31 heavy (non-hydrogen) atoms. The Morgan fingerprint density at radius 3 is 2.32 bits per heavy atom. The molecule has 2 aromatic rings. The molecule has 0 aliphatic carbocycles. The Bertz CT molecular complexity index is 914. The Labute approximate surface area is 183 Å². The van der Waals surface area contributed by atoms with Gasteiger partial charge < -0.3 is 15.1 Å². The number of carbonyl (C=O) groups is 2. The van der Waals surface area contributed by atoms with Gasteiger partial charge in [0.1, 0.15) is 5.41 Å². The molecule has 1 unspecified atom stereocenters. The molecule has 0 aromatic carbocycles. The van der Waals surface area contributed by atoms with Crippen LogP contribution in [0.4, 0.5) is 5.95 Å². The Morgan fingerprint density at radius 2 is 1.68 bits per heavy atom. The quantitative estimate of drug-likeness (QED) is 0.808. The number of hydrogen-bond acceptors (Lipinski definition) is 6. The molecule has 2 aromatic heterocycles. The van der Waals surface area contributed by atoms with E-state index in [0.717, 1.165) is 38.0 Å². The molecular formula is C23H30N6O2. The van der Waals surface area contributed by atoms with Crippen LogP contribution in [0.1, 0.15) is 38.3 Å². The number of piperidine rings is 2. The zero-order chi connectivity index (χ0) is 21.9. The number of hydrogen-bond donors (Lipinski definition) is 1. The number of likely N-dealkylation sites (tertiary alicyclic amines) is 1. The van der Waals surface area contributed by atoms with Gasteiger partial charge in [0.05, 0.1) is 5.69 Å². The lowest BCUT2D eigenvalue weighted by atomic mass is 9.73. The molecule has 8 nitrogen and oxygen atoms in total. The Kier molecular flexibility index (Phi) is 5.89.